The molecule has 2 aromatic carbocycles. The molecule has 2 amide bonds. The molecule has 3 rings (SSSR count). The molecule has 0 radical (unpaired) electrons. The van der Waals surface area contributed by atoms with Gasteiger partial charge in [0.15, 0.2) is 13.2 Å². The molecule has 9 nitrogen and oxygen atoms in total. The molecule has 0 bridgehead atoms. The van der Waals surface area contributed by atoms with Gasteiger partial charge in [0.2, 0.25) is 0 Å². The smallest absolute Gasteiger partial charge is 0.291 e. The Morgan fingerprint density at radius 3 is 1.88 bits per heavy atom. The molecule has 0 spiro atoms. The van der Waals surface area contributed by atoms with Crippen molar-refractivity contribution in [2.45, 2.75) is 37.8 Å². The number of ether oxygens (including phenoxy) is 2. The topological polar surface area (TPSA) is 120 Å². The van der Waals surface area contributed by atoms with Crippen LogP contribution in [0.3, 0.4) is 0 Å². The number of rotatable bonds is 9. The molecular weight excluding hydrogens is 473 g/mol. The maximum Gasteiger partial charge on any atom is 0.291 e. The highest BCUT2D eigenvalue weighted by molar-refractivity contribution is 6.32. The fraction of sp³-hybridized carbons (Fsp3) is 0.364. The average molecular weight is 496 g/mol. The first-order valence-electron chi connectivity index (χ1n) is 10.3. The summed E-state index contributed by atoms with van der Waals surface area (Å²) in [5.41, 5.74) is -0.284. The Kier molecular flexibility index (Phi) is 8.73. The Balaban J connectivity index is 1.34. The lowest BCUT2D eigenvalue weighted by atomic mass is 9.91. The molecule has 0 heterocycles. The van der Waals surface area contributed by atoms with E-state index in [1.54, 1.807) is 24.3 Å². The highest BCUT2D eigenvalue weighted by Gasteiger charge is 2.24. The Bertz CT molecular complexity index is 994. The molecule has 2 aromatic rings. The number of amides is 2. The molecule has 1 saturated carbocycles. The SMILES string of the molecule is O=C(COc1ccc(Cl)cc1)NC1CCC(NC(=O)COc2ccc(Cl)c([N+](=O)[O-])c2)CC1. The molecule has 33 heavy (non-hydrogen) atoms. The van der Waals surface area contributed by atoms with Gasteiger partial charge in [-0.15, -0.1) is 0 Å². The third kappa shape index (κ3) is 7.80. The molecule has 176 valence electrons. The van der Waals surface area contributed by atoms with Gasteiger partial charge in [-0.1, -0.05) is 23.2 Å². The molecule has 0 unspecified atom stereocenters. The Labute approximate surface area is 200 Å². The number of hydrogen-bond donors (Lipinski definition) is 2. The van der Waals surface area contributed by atoms with E-state index < -0.39 is 4.92 Å². The summed E-state index contributed by atoms with van der Waals surface area (Å²) in [7, 11) is 0. The lowest BCUT2D eigenvalue weighted by Gasteiger charge is -2.29. The van der Waals surface area contributed by atoms with Crippen molar-refractivity contribution in [2.75, 3.05) is 13.2 Å². The fourth-order valence-electron chi connectivity index (χ4n) is 3.47. The number of carbonyl (C=O) groups excluding carboxylic acids is 2. The summed E-state index contributed by atoms with van der Waals surface area (Å²) in [6, 6.07) is 10.8. The van der Waals surface area contributed by atoms with Gasteiger partial charge in [0, 0.05) is 17.1 Å². The van der Waals surface area contributed by atoms with Crippen molar-refractivity contribution in [3.8, 4) is 11.5 Å². The molecular formula is C22H23Cl2N3O6. The van der Waals surface area contributed by atoms with Crippen LogP contribution < -0.4 is 20.1 Å². The first-order valence-corrected chi connectivity index (χ1v) is 11.1. The van der Waals surface area contributed by atoms with Gasteiger partial charge < -0.3 is 20.1 Å². The highest BCUT2D eigenvalue weighted by atomic mass is 35.5. The van der Waals surface area contributed by atoms with E-state index in [2.05, 4.69) is 10.6 Å². The van der Waals surface area contributed by atoms with Crippen molar-refractivity contribution in [1.29, 1.82) is 0 Å². The van der Waals surface area contributed by atoms with E-state index in [1.165, 1.54) is 18.2 Å². The van der Waals surface area contributed by atoms with Crippen LogP contribution in [0.25, 0.3) is 0 Å². The van der Waals surface area contributed by atoms with Gasteiger partial charge in [0.25, 0.3) is 17.5 Å². The van der Waals surface area contributed by atoms with E-state index in [9.17, 15) is 19.7 Å². The second-order valence-electron chi connectivity index (χ2n) is 7.59. The van der Waals surface area contributed by atoms with E-state index in [0.29, 0.717) is 23.6 Å². The summed E-state index contributed by atoms with van der Waals surface area (Å²) in [5, 5.41) is 17.4. The van der Waals surface area contributed by atoms with Gasteiger partial charge in [-0.2, -0.15) is 0 Å². The predicted octanol–water partition coefficient (Wildman–Crippen LogP) is 3.90. The van der Waals surface area contributed by atoms with Gasteiger partial charge in [-0.25, -0.2) is 0 Å². The van der Waals surface area contributed by atoms with E-state index in [-0.39, 0.29) is 53.6 Å². The molecule has 0 aromatic heterocycles. The lowest BCUT2D eigenvalue weighted by molar-refractivity contribution is -0.384. The van der Waals surface area contributed by atoms with Gasteiger partial charge in [0.1, 0.15) is 16.5 Å². The number of nitrogens with zero attached hydrogens (tertiary/aromatic N) is 1. The van der Waals surface area contributed by atoms with Crippen LogP contribution in [0.15, 0.2) is 42.5 Å². The van der Waals surface area contributed by atoms with Crippen molar-refractivity contribution >= 4 is 40.7 Å². The van der Waals surface area contributed by atoms with Crippen LogP contribution in [0.1, 0.15) is 25.7 Å². The zero-order chi connectivity index (χ0) is 23.8. The third-order valence-corrected chi connectivity index (χ3v) is 5.70. The van der Waals surface area contributed by atoms with Crippen LogP contribution in [0.5, 0.6) is 11.5 Å². The molecule has 1 aliphatic carbocycles. The van der Waals surface area contributed by atoms with Crippen LogP contribution in [-0.4, -0.2) is 42.0 Å². The number of nitrogens with one attached hydrogen (secondary N) is 2. The fourth-order valence-corrected chi connectivity index (χ4v) is 3.78. The maximum atomic E-state index is 12.2. The third-order valence-electron chi connectivity index (χ3n) is 5.13. The van der Waals surface area contributed by atoms with Gasteiger partial charge in [0.05, 0.1) is 11.0 Å². The lowest BCUT2D eigenvalue weighted by Crippen LogP contribution is -2.45. The predicted molar refractivity (Wildman–Crippen MR) is 123 cm³/mol. The van der Waals surface area contributed by atoms with Crippen molar-refractivity contribution < 1.29 is 24.0 Å². The molecule has 11 heteroatoms. The summed E-state index contributed by atoms with van der Waals surface area (Å²) in [6.45, 7) is -0.351. The van der Waals surface area contributed by atoms with Gasteiger partial charge in [-0.05, 0) is 62.1 Å². The molecule has 1 aliphatic rings. The molecule has 0 aliphatic heterocycles. The van der Waals surface area contributed by atoms with Crippen molar-refractivity contribution in [1.82, 2.24) is 10.6 Å². The van der Waals surface area contributed by atoms with Gasteiger partial charge >= 0.3 is 0 Å². The number of carbonyl (C=O) groups is 2. The van der Waals surface area contributed by atoms with Crippen molar-refractivity contribution in [2.24, 2.45) is 0 Å². The maximum absolute atomic E-state index is 12.2. The van der Waals surface area contributed by atoms with Crippen LogP contribution in [0.4, 0.5) is 5.69 Å². The summed E-state index contributed by atoms with van der Waals surface area (Å²) in [6.07, 6.45) is 2.87. The Morgan fingerprint density at radius 2 is 1.36 bits per heavy atom. The highest BCUT2D eigenvalue weighted by Crippen LogP contribution is 2.28. The van der Waals surface area contributed by atoms with Crippen molar-refractivity contribution in [3.63, 3.8) is 0 Å². The van der Waals surface area contributed by atoms with E-state index >= 15 is 0 Å². The van der Waals surface area contributed by atoms with Gasteiger partial charge in [-0.3, -0.25) is 19.7 Å². The molecule has 0 saturated heterocycles. The van der Waals surface area contributed by atoms with E-state index in [1.807, 2.05) is 0 Å². The molecule has 0 atom stereocenters. The summed E-state index contributed by atoms with van der Waals surface area (Å²) in [5.74, 6) is 0.226. The minimum absolute atomic E-state index is 0.00260. The standard InChI is InChI=1S/C22H23Cl2N3O6/c23-14-1-7-17(8-2-14)32-12-21(28)25-15-3-5-16(6-4-15)26-22(29)13-33-18-9-10-19(24)20(11-18)27(30)31/h1-2,7-11,15-16H,3-6,12-13H2,(H,25,28)(H,26,29). The second kappa shape index (κ2) is 11.7. The normalized spacial score (nSPS) is 17.6. The number of nitro benzene ring substituents is 1. The minimum atomic E-state index is -0.615. The zero-order valence-electron chi connectivity index (χ0n) is 17.6. The van der Waals surface area contributed by atoms with Crippen LogP contribution in [-0.2, 0) is 9.59 Å². The molecule has 1 fully saturated rings. The largest absolute Gasteiger partial charge is 0.484 e. The van der Waals surface area contributed by atoms with Crippen LogP contribution in [0, 0.1) is 10.1 Å². The van der Waals surface area contributed by atoms with Crippen molar-refractivity contribution in [3.05, 3.63) is 62.6 Å². The minimum Gasteiger partial charge on any atom is -0.484 e. The van der Waals surface area contributed by atoms with Crippen LogP contribution in [0.2, 0.25) is 10.0 Å². The quantitative estimate of drug-likeness (QED) is 0.402. The number of halogens is 2. The number of benzene rings is 2. The van der Waals surface area contributed by atoms with Crippen LogP contribution >= 0.6 is 23.2 Å². The molecule has 2 N–H and O–H groups in total. The summed E-state index contributed by atoms with van der Waals surface area (Å²) < 4.78 is 10.8. The first kappa shape index (κ1) is 24.6. The van der Waals surface area contributed by atoms with E-state index in [4.69, 9.17) is 32.7 Å². The monoisotopic (exact) mass is 495 g/mol. The van der Waals surface area contributed by atoms with E-state index in [0.717, 1.165) is 12.8 Å². The number of nitro groups is 1. The second-order valence-corrected chi connectivity index (χ2v) is 8.43. The summed E-state index contributed by atoms with van der Waals surface area (Å²) >= 11 is 11.6. The summed E-state index contributed by atoms with van der Waals surface area (Å²) in [4.78, 5) is 34.6. The average Bonchev–Trinajstić information content (AvgIpc) is 2.79. The zero-order valence-corrected chi connectivity index (χ0v) is 19.1. The Morgan fingerprint density at radius 1 is 0.879 bits per heavy atom. The first-order chi connectivity index (χ1) is 15.8. The number of hydrogen-bond acceptors (Lipinski definition) is 6. The Hall–Kier alpha value is -3.04.